The summed E-state index contributed by atoms with van der Waals surface area (Å²) < 4.78 is 0. The maximum atomic E-state index is 12.9. The molecule has 3 amide bonds. The molecule has 0 saturated heterocycles. The normalized spacial score (nSPS) is 18.9. The van der Waals surface area contributed by atoms with Gasteiger partial charge in [0.2, 0.25) is 0 Å². The maximum Gasteiger partial charge on any atom is 0.329 e. The topological polar surface area (TPSA) is 81.7 Å². The summed E-state index contributed by atoms with van der Waals surface area (Å²) in [6.45, 7) is 4.37. The van der Waals surface area contributed by atoms with Crippen molar-refractivity contribution in [3.05, 3.63) is 59.7 Å². The summed E-state index contributed by atoms with van der Waals surface area (Å²) in [6.07, 6.45) is 1.58. The first kappa shape index (κ1) is 17.9. The van der Waals surface area contributed by atoms with E-state index in [9.17, 15) is 14.7 Å². The standard InChI is InChI=1S/C20H23N3O3/c1-3-13-21-18(24)20(26)16-7-5-6-8-17(16)22-19(25)23(20)15-11-9-14(4-2)10-12-15/h5-12,26H,3-4,13H2,1-2H3,(H,21,24)(H,22,25)/t20-/m0/s1. The highest BCUT2D eigenvalue weighted by molar-refractivity contribution is 6.11. The van der Waals surface area contributed by atoms with Gasteiger partial charge in [-0.3, -0.25) is 9.69 Å². The van der Waals surface area contributed by atoms with Crippen molar-refractivity contribution in [1.29, 1.82) is 0 Å². The first-order valence-corrected chi connectivity index (χ1v) is 8.82. The van der Waals surface area contributed by atoms with E-state index in [1.807, 2.05) is 26.0 Å². The number of amides is 3. The summed E-state index contributed by atoms with van der Waals surface area (Å²) in [5.74, 6) is -0.624. The molecule has 6 heteroatoms. The van der Waals surface area contributed by atoms with Gasteiger partial charge in [-0.15, -0.1) is 0 Å². The van der Waals surface area contributed by atoms with E-state index in [0.717, 1.165) is 23.3 Å². The van der Waals surface area contributed by atoms with Gasteiger partial charge in [-0.05, 0) is 36.6 Å². The molecule has 0 unspecified atom stereocenters. The van der Waals surface area contributed by atoms with Gasteiger partial charge in [0.05, 0.1) is 5.69 Å². The molecule has 2 aromatic carbocycles. The van der Waals surface area contributed by atoms with E-state index in [4.69, 9.17) is 0 Å². The van der Waals surface area contributed by atoms with Crippen LogP contribution in [-0.4, -0.2) is 23.6 Å². The Labute approximate surface area is 152 Å². The molecule has 0 spiro atoms. The number of anilines is 2. The number of benzene rings is 2. The smallest absolute Gasteiger partial charge is 0.329 e. The molecular weight excluding hydrogens is 330 g/mol. The molecule has 0 bridgehead atoms. The fraction of sp³-hybridized carbons (Fsp3) is 0.300. The second-order valence-corrected chi connectivity index (χ2v) is 6.26. The number of hydrogen-bond donors (Lipinski definition) is 3. The molecule has 1 atom stereocenters. The van der Waals surface area contributed by atoms with Gasteiger partial charge in [0.25, 0.3) is 11.6 Å². The van der Waals surface area contributed by atoms with Gasteiger partial charge in [-0.2, -0.15) is 0 Å². The summed E-state index contributed by atoms with van der Waals surface area (Å²) in [7, 11) is 0. The first-order valence-electron chi connectivity index (χ1n) is 8.82. The van der Waals surface area contributed by atoms with Gasteiger partial charge in [-0.25, -0.2) is 4.79 Å². The van der Waals surface area contributed by atoms with E-state index in [1.54, 1.807) is 36.4 Å². The lowest BCUT2D eigenvalue weighted by molar-refractivity contribution is -0.140. The van der Waals surface area contributed by atoms with Gasteiger partial charge < -0.3 is 15.7 Å². The zero-order chi connectivity index (χ0) is 18.7. The third kappa shape index (κ3) is 2.93. The lowest BCUT2D eigenvalue weighted by Gasteiger charge is -2.42. The van der Waals surface area contributed by atoms with Crippen molar-refractivity contribution in [2.45, 2.75) is 32.4 Å². The van der Waals surface area contributed by atoms with E-state index in [0.29, 0.717) is 23.5 Å². The van der Waals surface area contributed by atoms with Crippen molar-refractivity contribution in [1.82, 2.24) is 5.32 Å². The zero-order valence-electron chi connectivity index (χ0n) is 15.0. The monoisotopic (exact) mass is 353 g/mol. The molecule has 3 N–H and O–H groups in total. The van der Waals surface area contributed by atoms with Crippen LogP contribution in [0.4, 0.5) is 16.2 Å². The number of para-hydroxylation sites is 1. The Hall–Kier alpha value is -2.86. The highest BCUT2D eigenvalue weighted by Gasteiger charge is 2.51. The van der Waals surface area contributed by atoms with E-state index in [2.05, 4.69) is 10.6 Å². The average molecular weight is 353 g/mol. The fourth-order valence-electron chi connectivity index (χ4n) is 3.11. The Balaban J connectivity index is 2.13. The quantitative estimate of drug-likeness (QED) is 0.773. The summed E-state index contributed by atoms with van der Waals surface area (Å²) in [5.41, 5.74) is 0.191. The molecule has 1 heterocycles. The maximum absolute atomic E-state index is 12.9. The molecule has 136 valence electrons. The Bertz CT molecular complexity index is 819. The van der Waals surface area contributed by atoms with E-state index < -0.39 is 17.7 Å². The highest BCUT2D eigenvalue weighted by atomic mass is 16.3. The summed E-state index contributed by atoms with van der Waals surface area (Å²) in [4.78, 5) is 26.8. The Morgan fingerprint density at radius 3 is 2.50 bits per heavy atom. The Morgan fingerprint density at radius 1 is 1.15 bits per heavy atom. The lowest BCUT2D eigenvalue weighted by atomic mass is 9.94. The number of nitrogens with zero attached hydrogens (tertiary/aromatic N) is 1. The molecule has 26 heavy (non-hydrogen) atoms. The Kier molecular flexibility index (Phi) is 4.95. The SMILES string of the molecule is CCCNC(=O)[C@@]1(O)c2ccccc2NC(=O)N1c1ccc(CC)cc1. The van der Waals surface area contributed by atoms with Crippen LogP contribution in [0.3, 0.4) is 0 Å². The van der Waals surface area contributed by atoms with E-state index >= 15 is 0 Å². The third-order valence-electron chi connectivity index (χ3n) is 4.53. The predicted octanol–water partition coefficient (Wildman–Crippen LogP) is 2.97. The molecule has 2 aromatic rings. The average Bonchev–Trinajstić information content (AvgIpc) is 2.66. The molecule has 0 radical (unpaired) electrons. The number of aliphatic hydroxyl groups is 1. The van der Waals surface area contributed by atoms with Crippen molar-refractivity contribution in [3.8, 4) is 0 Å². The summed E-state index contributed by atoms with van der Waals surface area (Å²) in [6, 6.07) is 13.5. The molecule has 0 fully saturated rings. The molecule has 0 saturated carbocycles. The van der Waals surface area contributed by atoms with Crippen LogP contribution in [0.25, 0.3) is 0 Å². The summed E-state index contributed by atoms with van der Waals surface area (Å²) in [5, 5.41) is 16.9. The number of carbonyl (C=O) groups excluding carboxylic acids is 2. The molecular formula is C20H23N3O3. The van der Waals surface area contributed by atoms with Crippen LogP contribution in [-0.2, 0) is 16.9 Å². The molecule has 1 aliphatic heterocycles. The zero-order valence-corrected chi connectivity index (χ0v) is 15.0. The van der Waals surface area contributed by atoms with Gasteiger partial charge in [-0.1, -0.05) is 44.2 Å². The summed E-state index contributed by atoms with van der Waals surface area (Å²) >= 11 is 0. The van der Waals surface area contributed by atoms with Gasteiger partial charge in [0.15, 0.2) is 0 Å². The number of hydrogen-bond acceptors (Lipinski definition) is 3. The largest absolute Gasteiger partial charge is 0.359 e. The van der Waals surface area contributed by atoms with Crippen LogP contribution in [0.2, 0.25) is 0 Å². The first-order chi connectivity index (χ1) is 12.5. The number of rotatable bonds is 5. The number of nitrogens with one attached hydrogen (secondary N) is 2. The number of urea groups is 1. The molecule has 1 aliphatic rings. The van der Waals surface area contributed by atoms with Crippen molar-refractivity contribution in [2.24, 2.45) is 0 Å². The van der Waals surface area contributed by atoms with Crippen LogP contribution < -0.4 is 15.5 Å². The minimum Gasteiger partial charge on any atom is -0.359 e. The van der Waals surface area contributed by atoms with Crippen molar-refractivity contribution in [3.63, 3.8) is 0 Å². The van der Waals surface area contributed by atoms with Crippen LogP contribution >= 0.6 is 0 Å². The number of carbonyl (C=O) groups is 2. The predicted molar refractivity (Wildman–Crippen MR) is 101 cm³/mol. The third-order valence-corrected chi connectivity index (χ3v) is 4.53. The van der Waals surface area contributed by atoms with Crippen LogP contribution in [0.1, 0.15) is 31.4 Å². The van der Waals surface area contributed by atoms with Crippen molar-refractivity contribution >= 4 is 23.3 Å². The van der Waals surface area contributed by atoms with Gasteiger partial charge >= 0.3 is 6.03 Å². The van der Waals surface area contributed by atoms with Crippen LogP contribution in [0, 0.1) is 0 Å². The molecule has 0 aromatic heterocycles. The van der Waals surface area contributed by atoms with E-state index in [1.165, 1.54) is 0 Å². The fourth-order valence-corrected chi connectivity index (χ4v) is 3.11. The second kappa shape index (κ2) is 7.17. The van der Waals surface area contributed by atoms with Gasteiger partial charge in [0.1, 0.15) is 0 Å². The Morgan fingerprint density at radius 2 is 1.85 bits per heavy atom. The minimum absolute atomic E-state index is 0.341. The molecule has 3 rings (SSSR count). The van der Waals surface area contributed by atoms with Gasteiger partial charge in [0, 0.05) is 17.8 Å². The number of fused-ring (bicyclic) bond motifs is 1. The van der Waals surface area contributed by atoms with E-state index in [-0.39, 0.29) is 0 Å². The van der Waals surface area contributed by atoms with Crippen molar-refractivity contribution < 1.29 is 14.7 Å². The minimum atomic E-state index is -2.12. The highest BCUT2D eigenvalue weighted by Crippen LogP contribution is 2.39. The molecule has 6 nitrogen and oxygen atoms in total. The van der Waals surface area contributed by atoms with Crippen LogP contribution in [0.15, 0.2) is 48.5 Å². The van der Waals surface area contributed by atoms with Crippen molar-refractivity contribution in [2.75, 3.05) is 16.8 Å². The van der Waals surface area contributed by atoms with Crippen LogP contribution in [0.5, 0.6) is 0 Å². The second-order valence-electron chi connectivity index (χ2n) is 6.26. The number of aryl methyl sites for hydroxylation is 1. The molecule has 0 aliphatic carbocycles. The lowest BCUT2D eigenvalue weighted by Crippen LogP contribution is -2.62.